The molecule has 1 aliphatic heterocycles. The van der Waals surface area contributed by atoms with Crippen LogP contribution in [0.15, 0.2) is 42.5 Å². The summed E-state index contributed by atoms with van der Waals surface area (Å²) in [5.41, 5.74) is 8.62. The van der Waals surface area contributed by atoms with E-state index in [1.807, 2.05) is 36.9 Å². The first kappa shape index (κ1) is 23.3. The summed E-state index contributed by atoms with van der Waals surface area (Å²) < 4.78 is 5.94. The number of rotatable bonds is 8. The zero-order chi connectivity index (χ0) is 23.1. The molecule has 1 heterocycles. The van der Waals surface area contributed by atoms with Crippen molar-refractivity contribution in [1.82, 2.24) is 0 Å². The van der Waals surface area contributed by atoms with Crippen LogP contribution in [-0.2, 0) is 9.59 Å². The Morgan fingerprint density at radius 2 is 2.03 bits per heavy atom. The van der Waals surface area contributed by atoms with E-state index < -0.39 is 6.10 Å². The summed E-state index contributed by atoms with van der Waals surface area (Å²) in [4.78, 5) is 27.3. The molecule has 3 rings (SSSR count). The smallest absolute Gasteiger partial charge is 0.265 e. The van der Waals surface area contributed by atoms with Gasteiger partial charge in [-0.25, -0.2) is 0 Å². The van der Waals surface area contributed by atoms with Gasteiger partial charge in [0.15, 0.2) is 6.10 Å². The van der Waals surface area contributed by atoms with Crippen LogP contribution in [0, 0.1) is 12.3 Å². The van der Waals surface area contributed by atoms with Gasteiger partial charge in [0.25, 0.3) is 5.91 Å². The van der Waals surface area contributed by atoms with Gasteiger partial charge in [0.2, 0.25) is 5.91 Å². The Labute approximate surface area is 189 Å². The van der Waals surface area contributed by atoms with Crippen LogP contribution in [0.2, 0.25) is 0 Å². The van der Waals surface area contributed by atoms with Crippen LogP contribution in [0.4, 0.5) is 11.4 Å². The second-order valence-corrected chi connectivity index (χ2v) is 8.18. The third-order valence-electron chi connectivity index (χ3n) is 5.60. The Bertz CT molecular complexity index is 989. The highest BCUT2D eigenvalue weighted by atomic mass is 16.5. The van der Waals surface area contributed by atoms with Crippen molar-refractivity contribution in [3.8, 4) is 5.75 Å². The summed E-state index contributed by atoms with van der Waals surface area (Å²) in [6.45, 7) is 4.68. The van der Waals surface area contributed by atoms with Crippen LogP contribution in [-0.4, -0.2) is 30.3 Å². The van der Waals surface area contributed by atoms with Crippen LogP contribution in [0.3, 0.4) is 0 Å². The fourth-order valence-corrected chi connectivity index (χ4v) is 3.90. The predicted octanol–water partition coefficient (Wildman–Crippen LogP) is 4.37. The molecule has 2 aromatic carbocycles. The Kier molecular flexibility index (Phi) is 7.87. The van der Waals surface area contributed by atoms with Gasteiger partial charge in [-0.1, -0.05) is 31.9 Å². The standard InChI is InChI=1S/C25H32N4O3/c1-3-8-22(32-20-10-7-9-18(16-20)24(26)27)25(31)28-19-12-13-21(17(2)15-19)29-14-6-4-5-11-23(29)30/h7,9-10,12-13,15-16,22H,3-6,8,11,14H2,1-2H3,(H3,26,27)(H,28,31). The van der Waals surface area contributed by atoms with Crippen molar-refractivity contribution in [2.45, 2.75) is 58.5 Å². The van der Waals surface area contributed by atoms with Gasteiger partial charge < -0.3 is 20.7 Å². The molecule has 1 aliphatic rings. The number of nitrogens with zero attached hydrogens (tertiary/aromatic N) is 1. The van der Waals surface area contributed by atoms with E-state index in [-0.39, 0.29) is 17.6 Å². The summed E-state index contributed by atoms with van der Waals surface area (Å²) >= 11 is 0. The monoisotopic (exact) mass is 436 g/mol. The molecule has 7 nitrogen and oxygen atoms in total. The van der Waals surface area contributed by atoms with Crippen molar-refractivity contribution in [1.29, 1.82) is 5.41 Å². The molecule has 4 N–H and O–H groups in total. The molecule has 1 atom stereocenters. The van der Waals surface area contributed by atoms with Crippen molar-refractivity contribution < 1.29 is 14.3 Å². The molecule has 1 saturated heterocycles. The third kappa shape index (κ3) is 5.87. The molecule has 0 aromatic heterocycles. The predicted molar refractivity (Wildman–Crippen MR) is 127 cm³/mol. The van der Waals surface area contributed by atoms with E-state index in [2.05, 4.69) is 5.32 Å². The second kappa shape index (κ2) is 10.8. The van der Waals surface area contributed by atoms with E-state index in [1.165, 1.54) is 0 Å². The zero-order valence-electron chi connectivity index (χ0n) is 18.8. The van der Waals surface area contributed by atoms with Crippen molar-refractivity contribution in [2.75, 3.05) is 16.8 Å². The molecule has 0 aliphatic carbocycles. The number of nitrogens with two attached hydrogens (primary N) is 1. The summed E-state index contributed by atoms with van der Waals surface area (Å²) in [6, 6.07) is 12.5. The fraction of sp³-hybridized carbons (Fsp3) is 0.400. The Hall–Kier alpha value is -3.35. The number of amides is 2. The molecule has 0 radical (unpaired) electrons. The van der Waals surface area contributed by atoms with E-state index in [9.17, 15) is 9.59 Å². The number of anilines is 2. The van der Waals surface area contributed by atoms with Crippen LogP contribution in [0.1, 0.15) is 56.6 Å². The average molecular weight is 437 g/mol. The largest absolute Gasteiger partial charge is 0.481 e. The summed E-state index contributed by atoms with van der Waals surface area (Å²) in [5.74, 6) is 0.368. The van der Waals surface area contributed by atoms with Gasteiger partial charge in [0, 0.05) is 29.9 Å². The SMILES string of the molecule is CCCC(Oc1cccc(C(=N)N)c1)C(=O)Nc1ccc(N2CCCCCC2=O)c(C)c1. The molecule has 1 fully saturated rings. The number of nitrogens with one attached hydrogen (secondary N) is 2. The maximum atomic E-state index is 13.0. The van der Waals surface area contributed by atoms with Gasteiger partial charge in [-0.05, 0) is 62.1 Å². The minimum atomic E-state index is -0.672. The summed E-state index contributed by atoms with van der Waals surface area (Å²) in [5, 5.41) is 10.5. The number of hydrogen-bond donors (Lipinski definition) is 3. The molecule has 7 heteroatoms. The number of nitrogen functional groups attached to an aromatic ring is 1. The summed E-state index contributed by atoms with van der Waals surface area (Å²) in [6.07, 6.45) is 4.26. The van der Waals surface area contributed by atoms with Crippen LogP contribution >= 0.6 is 0 Å². The highest BCUT2D eigenvalue weighted by molar-refractivity contribution is 5.97. The minimum absolute atomic E-state index is 0.0506. The lowest BCUT2D eigenvalue weighted by Crippen LogP contribution is -2.33. The molecular formula is C25H32N4O3. The molecule has 2 aromatic rings. The molecule has 32 heavy (non-hydrogen) atoms. The number of carbonyl (C=O) groups is 2. The fourth-order valence-electron chi connectivity index (χ4n) is 3.90. The lowest BCUT2D eigenvalue weighted by atomic mass is 10.1. The van der Waals surface area contributed by atoms with Gasteiger partial charge in [0.1, 0.15) is 11.6 Å². The number of ether oxygens (including phenoxy) is 1. The molecule has 2 amide bonds. The molecule has 0 bridgehead atoms. The number of aryl methyl sites for hydroxylation is 1. The number of hydrogen-bond acceptors (Lipinski definition) is 4. The van der Waals surface area contributed by atoms with E-state index in [4.69, 9.17) is 15.9 Å². The molecular weight excluding hydrogens is 404 g/mol. The van der Waals surface area contributed by atoms with Gasteiger partial charge in [0.05, 0.1) is 0 Å². The molecule has 1 unspecified atom stereocenters. The third-order valence-corrected chi connectivity index (χ3v) is 5.60. The minimum Gasteiger partial charge on any atom is -0.481 e. The number of amidine groups is 1. The van der Waals surface area contributed by atoms with E-state index in [1.54, 1.807) is 24.3 Å². The van der Waals surface area contributed by atoms with Crippen LogP contribution in [0.5, 0.6) is 5.75 Å². The molecule has 0 saturated carbocycles. The van der Waals surface area contributed by atoms with Crippen LogP contribution < -0.4 is 20.7 Å². The second-order valence-electron chi connectivity index (χ2n) is 8.18. The molecule has 0 spiro atoms. The zero-order valence-corrected chi connectivity index (χ0v) is 18.8. The van der Waals surface area contributed by atoms with Gasteiger partial charge in [-0.15, -0.1) is 0 Å². The van der Waals surface area contributed by atoms with Gasteiger partial charge in [-0.2, -0.15) is 0 Å². The maximum Gasteiger partial charge on any atom is 0.265 e. The normalized spacial score (nSPS) is 15.1. The Balaban J connectivity index is 1.72. The lowest BCUT2D eigenvalue weighted by molar-refractivity contribution is -0.123. The average Bonchev–Trinajstić information content (AvgIpc) is 2.98. The quantitative estimate of drug-likeness (QED) is 0.422. The van der Waals surface area contributed by atoms with Crippen molar-refractivity contribution in [3.05, 3.63) is 53.6 Å². The lowest BCUT2D eigenvalue weighted by Gasteiger charge is -2.23. The van der Waals surface area contributed by atoms with E-state index >= 15 is 0 Å². The van der Waals surface area contributed by atoms with Gasteiger partial charge >= 0.3 is 0 Å². The Morgan fingerprint density at radius 3 is 2.75 bits per heavy atom. The molecule has 170 valence electrons. The van der Waals surface area contributed by atoms with Crippen LogP contribution in [0.25, 0.3) is 0 Å². The Morgan fingerprint density at radius 1 is 1.22 bits per heavy atom. The first-order chi connectivity index (χ1) is 15.4. The van der Waals surface area contributed by atoms with E-state index in [0.717, 1.165) is 43.5 Å². The van der Waals surface area contributed by atoms with Crippen molar-refractivity contribution in [3.63, 3.8) is 0 Å². The van der Waals surface area contributed by atoms with E-state index in [0.29, 0.717) is 29.8 Å². The summed E-state index contributed by atoms with van der Waals surface area (Å²) in [7, 11) is 0. The first-order valence-electron chi connectivity index (χ1n) is 11.2. The topological polar surface area (TPSA) is 109 Å². The number of carbonyl (C=O) groups excluding carboxylic acids is 2. The number of benzene rings is 2. The maximum absolute atomic E-state index is 13.0. The van der Waals surface area contributed by atoms with Crippen molar-refractivity contribution in [2.24, 2.45) is 5.73 Å². The first-order valence-corrected chi connectivity index (χ1v) is 11.2. The van der Waals surface area contributed by atoms with Gasteiger partial charge in [-0.3, -0.25) is 15.0 Å². The van der Waals surface area contributed by atoms with Crippen molar-refractivity contribution >= 4 is 29.0 Å². The highest BCUT2D eigenvalue weighted by Crippen LogP contribution is 2.27. The highest BCUT2D eigenvalue weighted by Gasteiger charge is 2.22.